The van der Waals surface area contributed by atoms with Crippen molar-refractivity contribution in [2.24, 2.45) is 0 Å². The first-order valence-electron chi connectivity index (χ1n) is 5.99. The van der Waals surface area contributed by atoms with Gasteiger partial charge in [-0.2, -0.15) is 13.2 Å². The molecule has 1 aromatic carbocycles. The van der Waals surface area contributed by atoms with Crippen molar-refractivity contribution in [2.75, 3.05) is 26.9 Å². The second-order valence-electron chi connectivity index (χ2n) is 3.86. The van der Waals surface area contributed by atoms with Gasteiger partial charge >= 0.3 is 12.1 Å². The minimum absolute atomic E-state index is 0.0726. The van der Waals surface area contributed by atoms with Crippen LogP contribution in [0.15, 0.2) is 24.3 Å². The SMILES string of the molecule is COCC#Cc1cccc(OCCNC(=O)C(F)(F)F)c1. The van der Waals surface area contributed by atoms with Crippen LogP contribution in [-0.4, -0.2) is 39.0 Å². The van der Waals surface area contributed by atoms with Gasteiger partial charge in [0.25, 0.3) is 0 Å². The number of rotatable bonds is 5. The van der Waals surface area contributed by atoms with E-state index in [1.54, 1.807) is 29.6 Å². The molecule has 0 unspecified atom stereocenters. The number of benzene rings is 1. The second-order valence-corrected chi connectivity index (χ2v) is 3.86. The van der Waals surface area contributed by atoms with E-state index in [2.05, 4.69) is 11.8 Å². The summed E-state index contributed by atoms with van der Waals surface area (Å²) < 4.78 is 45.8. The van der Waals surface area contributed by atoms with E-state index in [0.29, 0.717) is 17.9 Å². The van der Waals surface area contributed by atoms with Crippen LogP contribution >= 0.6 is 0 Å². The molecule has 0 heterocycles. The Balaban J connectivity index is 2.41. The molecule has 1 N–H and O–H groups in total. The van der Waals surface area contributed by atoms with Crippen molar-refractivity contribution >= 4 is 5.91 Å². The lowest BCUT2D eigenvalue weighted by atomic mass is 10.2. The van der Waals surface area contributed by atoms with Gasteiger partial charge in [-0.1, -0.05) is 17.9 Å². The molecule has 1 aromatic rings. The fraction of sp³-hybridized carbons (Fsp3) is 0.357. The molecule has 0 aromatic heterocycles. The largest absolute Gasteiger partial charge is 0.492 e. The lowest BCUT2D eigenvalue weighted by Crippen LogP contribution is -2.38. The summed E-state index contributed by atoms with van der Waals surface area (Å²) in [5, 5.41) is 1.72. The number of alkyl halides is 3. The molecule has 1 rings (SSSR count). The smallest absolute Gasteiger partial charge is 0.471 e. The highest BCUT2D eigenvalue weighted by atomic mass is 19.4. The molecule has 0 aliphatic heterocycles. The number of halogens is 3. The molecule has 114 valence electrons. The molecule has 0 atom stereocenters. The van der Waals surface area contributed by atoms with Gasteiger partial charge in [-0.05, 0) is 18.2 Å². The van der Waals surface area contributed by atoms with Crippen molar-refractivity contribution < 1.29 is 27.4 Å². The van der Waals surface area contributed by atoms with Crippen LogP contribution < -0.4 is 10.1 Å². The molecule has 0 radical (unpaired) electrons. The molecule has 0 saturated carbocycles. The van der Waals surface area contributed by atoms with E-state index in [1.165, 1.54) is 7.11 Å². The summed E-state index contributed by atoms with van der Waals surface area (Å²) in [7, 11) is 1.53. The van der Waals surface area contributed by atoms with Crippen LogP contribution in [0.3, 0.4) is 0 Å². The number of methoxy groups -OCH3 is 1. The Hall–Kier alpha value is -2.20. The van der Waals surface area contributed by atoms with Gasteiger partial charge < -0.3 is 14.8 Å². The zero-order valence-electron chi connectivity index (χ0n) is 11.3. The highest BCUT2D eigenvalue weighted by molar-refractivity contribution is 5.81. The van der Waals surface area contributed by atoms with Gasteiger partial charge in [0.15, 0.2) is 0 Å². The third kappa shape index (κ3) is 6.68. The second kappa shape index (κ2) is 8.17. The molecule has 0 spiro atoms. The molecule has 0 aliphatic rings. The number of hydrogen-bond acceptors (Lipinski definition) is 3. The molecule has 0 bridgehead atoms. The van der Waals surface area contributed by atoms with E-state index in [4.69, 9.17) is 9.47 Å². The van der Waals surface area contributed by atoms with Gasteiger partial charge in [-0.15, -0.1) is 0 Å². The number of ether oxygens (including phenoxy) is 2. The molecule has 1 amide bonds. The third-order valence-corrected chi connectivity index (χ3v) is 2.20. The van der Waals surface area contributed by atoms with E-state index in [9.17, 15) is 18.0 Å². The Morgan fingerprint density at radius 2 is 2.14 bits per heavy atom. The quantitative estimate of drug-likeness (QED) is 0.666. The molecule has 0 aliphatic carbocycles. The monoisotopic (exact) mass is 301 g/mol. The number of amides is 1. The summed E-state index contributed by atoms with van der Waals surface area (Å²) in [6, 6.07) is 6.77. The molecule has 0 fully saturated rings. The van der Waals surface area contributed by atoms with Crippen molar-refractivity contribution in [1.29, 1.82) is 0 Å². The van der Waals surface area contributed by atoms with Crippen molar-refractivity contribution in [3.05, 3.63) is 29.8 Å². The Kier molecular flexibility index (Phi) is 6.56. The normalized spacial score (nSPS) is 10.5. The van der Waals surface area contributed by atoms with Crippen molar-refractivity contribution in [1.82, 2.24) is 5.32 Å². The van der Waals surface area contributed by atoms with Gasteiger partial charge in [0, 0.05) is 12.7 Å². The van der Waals surface area contributed by atoms with E-state index in [-0.39, 0.29) is 13.2 Å². The predicted molar refractivity (Wildman–Crippen MR) is 69.8 cm³/mol. The Morgan fingerprint density at radius 1 is 1.38 bits per heavy atom. The molecule has 21 heavy (non-hydrogen) atoms. The maximum Gasteiger partial charge on any atom is 0.471 e. The zero-order valence-corrected chi connectivity index (χ0v) is 11.3. The van der Waals surface area contributed by atoms with E-state index in [1.807, 2.05) is 0 Å². The molecular weight excluding hydrogens is 287 g/mol. The maximum absolute atomic E-state index is 11.9. The minimum Gasteiger partial charge on any atom is -0.492 e. The average molecular weight is 301 g/mol. The van der Waals surface area contributed by atoms with Gasteiger partial charge in [0.2, 0.25) is 0 Å². The lowest BCUT2D eigenvalue weighted by molar-refractivity contribution is -0.173. The van der Waals surface area contributed by atoms with Crippen LogP contribution in [0.25, 0.3) is 0 Å². The minimum atomic E-state index is -4.88. The van der Waals surface area contributed by atoms with Crippen molar-refractivity contribution in [3.63, 3.8) is 0 Å². The number of carbonyl (C=O) groups excluding carboxylic acids is 1. The summed E-state index contributed by atoms with van der Waals surface area (Å²) in [6.45, 7) is -0.0107. The molecule has 0 saturated heterocycles. The highest BCUT2D eigenvalue weighted by Gasteiger charge is 2.38. The molecular formula is C14H14F3NO3. The topological polar surface area (TPSA) is 47.6 Å². The number of nitrogens with one attached hydrogen (secondary N) is 1. The summed E-state index contributed by atoms with van der Waals surface area (Å²) in [4.78, 5) is 10.6. The highest BCUT2D eigenvalue weighted by Crippen LogP contribution is 2.14. The molecule has 7 heteroatoms. The summed E-state index contributed by atoms with van der Waals surface area (Å²) in [5.41, 5.74) is 0.698. The lowest BCUT2D eigenvalue weighted by Gasteiger charge is -2.09. The summed E-state index contributed by atoms with van der Waals surface area (Å²) in [5.74, 6) is 4.09. The van der Waals surface area contributed by atoms with Crippen molar-refractivity contribution in [2.45, 2.75) is 6.18 Å². The van der Waals surface area contributed by atoms with E-state index < -0.39 is 12.1 Å². The number of hydrogen-bond donors (Lipinski definition) is 1. The summed E-state index contributed by atoms with van der Waals surface area (Å²) in [6.07, 6.45) is -4.88. The Bertz CT molecular complexity index is 532. The fourth-order valence-electron chi connectivity index (χ4n) is 1.31. The van der Waals surface area contributed by atoms with Crippen LogP contribution in [0.2, 0.25) is 0 Å². The Labute approximate surface area is 120 Å². The first-order valence-corrected chi connectivity index (χ1v) is 5.99. The number of carbonyl (C=O) groups is 1. The van der Waals surface area contributed by atoms with Crippen LogP contribution in [0.4, 0.5) is 13.2 Å². The van der Waals surface area contributed by atoms with Gasteiger partial charge in [-0.25, -0.2) is 0 Å². The van der Waals surface area contributed by atoms with Gasteiger partial charge in [0.1, 0.15) is 19.0 Å². The Morgan fingerprint density at radius 3 is 2.81 bits per heavy atom. The zero-order chi connectivity index (χ0) is 15.7. The van der Waals surface area contributed by atoms with Gasteiger partial charge in [0.05, 0.1) is 6.54 Å². The first-order chi connectivity index (χ1) is 9.93. The van der Waals surface area contributed by atoms with Crippen LogP contribution in [0.5, 0.6) is 5.75 Å². The van der Waals surface area contributed by atoms with Gasteiger partial charge in [-0.3, -0.25) is 4.79 Å². The predicted octanol–water partition coefficient (Wildman–Crippen LogP) is 1.74. The van der Waals surface area contributed by atoms with Crippen LogP contribution in [-0.2, 0) is 9.53 Å². The van der Waals surface area contributed by atoms with Crippen LogP contribution in [0, 0.1) is 11.8 Å². The standard InChI is InChI=1S/C14H14F3NO3/c1-20-8-3-5-11-4-2-6-12(10-11)21-9-7-18-13(19)14(15,16)17/h2,4,6,10H,7-9H2,1H3,(H,18,19). The van der Waals surface area contributed by atoms with Crippen LogP contribution in [0.1, 0.15) is 5.56 Å². The summed E-state index contributed by atoms with van der Waals surface area (Å²) >= 11 is 0. The first kappa shape index (κ1) is 16.9. The van der Waals surface area contributed by atoms with E-state index >= 15 is 0 Å². The van der Waals surface area contributed by atoms with E-state index in [0.717, 1.165) is 0 Å². The van der Waals surface area contributed by atoms with Crippen molar-refractivity contribution in [3.8, 4) is 17.6 Å². The average Bonchev–Trinajstić information content (AvgIpc) is 2.43. The fourth-order valence-corrected chi connectivity index (χ4v) is 1.31. The third-order valence-electron chi connectivity index (χ3n) is 2.20. The maximum atomic E-state index is 11.9. The molecule has 4 nitrogen and oxygen atoms in total.